The Labute approximate surface area is 108 Å². The zero-order chi connectivity index (χ0) is 10.8. The Morgan fingerprint density at radius 3 is 1.93 bits per heavy atom. The first-order valence-corrected chi connectivity index (χ1v) is 9.14. The van der Waals surface area contributed by atoms with E-state index in [1.165, 1.54) is 5.30 Å². The molecule has 0 radical (unpaired) electrons. The Bertz CT molecular complexity index is 297. The van der Waals surface area contributed by atoms with Gasteiger partial charge in [-0.3, -0.25) is 0 Å². The molecule has 0 heterocycles. The van der Waals surface area contributed by atoms with Crippen LogP contribution in [0.4, 0.5) is 0 Å². The first-order valence-electron chi connectivity index (χ1n) is 4.62. The highest BCUT2D eigenvalue weighted by molar-refractivity contribution is 8.72. The molecule has 0 aliphatic rings. The van der Waals surface area contributed by atoms with Crippen molar-refractivity contribution >= 4 is 33.7 Å². The maximum atomic E-state index is 6.80. The summed E-state index contributed by atoms with van der Waals surface area (Å²) in [7, 11) is 0. The van der Waals surface area contributed by atoms with Gasteiger partial charge in [0.05, 0.1) is 0 Å². The molecule has 86 valence electrons. The van der Waals surface area contributed by atoms with Crippen molar-refractivity contribution in [3.63, 3.8) is 0 Å². The molecule has 0 spiro atoms. The van der Waals surface area contributed by atoms with Crippen LogP contribution in [0.25, 0.3) is 0 Å². The third-order valence-electron chi connectivity index (χ3n) is 2.20. The van der Waals surface area contributed by atoms with Gasteiger partial charge in [0.15, 0.2) is 0 Å². The molecule has 0 bridgehead atoms. The summed E-state index contributed by atoms with van der Waals surface area (Å²) in [6.07, 6.45) is 2.11. The van der Waals surface area contributed by atoms with Gasteiger partial charge < -0.3 is 12.4 Å². The van der Waals surface area contributed by atoms with E-state index in [2.05, 4.69) is 51.3 Å². The summed E-state index contributed by atoms with van der Waals surface area (Å²) >= 11 is 8.61. The summed E-state index contributed by atoms with van der Waals surface area (Å²) < 4.78 is 0. The van der Waals surface area contributed by atoms with Crippen LogP contribution in [0.5, 0.6) is 0 Å². The van der Waals surface area contributed by atoms with Crippen molar-refractivity contribution in [3.05, 3.63) is 30.3 Å². The van der Waals surface area contributed by atoms with Crippen LogP contribution < -0.4 is 17.7 Å². The van der Waals surface area contributed by atoms with Gasteiger partial charge >= 0.3 is 0 Å². The zero-order valence-electron chi connectivity index (χ0n) is 9.50. The molecule has 1 rings (SSSR count). The standard InChI is InChI=1S/C11H17ClPS.ClH/c1-11(2,3)13(12,14-4)10-8-6-5-7-9-10;/h5-9H,1-4H3;1H/q+1;/p-1. The Balaban J connectivity index is 0.00000196. The molecule has 15 heavy (non-hydrogen) atoms. The molecule has 0 nitrogen and oxygen atoms in total. The molecule has 0 saturated heterocycles. The first kappa shape index (κ1) is 15.6. The summed E-state index contributed by atoms with van der Waals surface area (Å²) in [6, 6.07) is 10.4. The molecule has 0 amide bonds. The van der Waals surface area contributed by atoms with Crippen molar-refractivity contribution in [2.75, 3.05) is 6.26 Å². The van der Waals surface area contributed by atoms with E-state index in [0.29, 0.717) is 0 Å². The summed E-state index contributed by atoms with van der Waals surface area (Å²) in [4.78, 5) is 0. The smallest absolute Gasteiger partial charge is 0.208 e. The van der Waals surface area contributed by atoms with Gasteiger partial charge in [0, 0.05) is 17.6 Å². The van der Waals surface area contributed by atoms with Crippen LogP contribution in [0, 0.1) is 0 Å². The largest absolute Gasteiger partial charge is 1.00 e. The van der Waals surface area contributed by atoms with Gasteiger partial charge in [-0.1, -0.05) is 18.2 Å². The van der Waals surface area contributed by atoms with Crippen molar-refractivity contribution in [1.82, 2.24) is 0 Å². The van der Waals surface area contributed by atoms with E-state index < -0.39 is 5.82 Å². The maximum Gasteiger partial charge on any atom is 0.208 e. The molecule has 0 saturated carbocycles. The van der Waals surface area contributed by atoms with Gasteiger partial charge in [-0.05, 0) is 32.9 Å². The van der Waals surface area contributed by atoms with Crippen LogP contribution >= 0.6 is 28.4 Å². The van der Waals surface area contributed by atoms with Crippen LogP contribution in [0.2, 0.25) is 0 Å². The highest BCUT2D eigenvalue weighted by Crippen LogP contribution is 2.79. The van der Waals surface area contributed by atoms with Crippen LogP contribution in [0.3, 0.4) is 0 Å². The Kier molecular flexibility index (Phi) is 6.00. The Morgan fingerprint density at radius 2 is 1.60 bits per heavy atom. The van der Waals surface area contributed by atoms with Crippen molar-refractivity contribution in [2.45, 2.75) is 25.9 Å². The number of hydrogen-bond acceptors (Lipinski definition) is 1. The molecule has 0 fully saturated rings. The highest BCUT2D eigenvalue weighted by atomic mass is 35.7. The lowest BCUT2D eigenvalue weighted by atomic mass is 10.3. The lowest BCUT2D eigenvalue weighted by molar-refractivity contribution is -0.00000308. The van der Waals surface area contributed by atoms with Gasteiger partial charge in [-0.25, -0.2) is 0 Å². The summed E-state index contributed by atoms with van der Waals surface area (Å²) in [5.41, 5.74) is 0. The minimum Gasteiger partial charge on any atom is -1.00 e. The van der Waals surface area contributed by atoms with E-state index in [9.17, 15) is 0 Å². The first-order chi connectivity index (χ1) is 6.42. The van der Waals surface area contributed by atoms with Crippen molar-refractivity contribution in [1.29, 1.82) is 0 Å². The third-order valence-corrected chi connectivity index (χ3v) is 12.5. The average molecular weight is 283 g/mol. The van der Waals surface area contributed by atoms with Gasteiger partial charge in [0.1, 0.15) is 21.7 Å². The lowest BCUT2D eigenvalue weighted by Gasteiger charge is -2.28. The molecule has 4 heteroatoms. The Hall–Kier alpha value is 0.580. The predicted molar refractivity (Wildman–Crippen MR) is 72.1 cm³/mol. The van der Waals surface area contributed by atoms with Crippen LogP contribution in [0.1, 0.15) is 20.8 Å². The maximum absolute atomic E-state index is 6.80. The van der Waals surface area contributed by atoms with Crippen molar-refractivity contribution in [2.24, 2.45) is 0 Å². The molecule has 1 aromatic rings. The van der Waals surface area contributed by atoms with Crippen molar-refractivity contribution in [3.8, 4) is 0 Å². The van der Waals surface area contributed by atoms with E-state index >= 15 is 0 Å². The topological polar surface area (TPSA) is 0 Å². The zero-order valence-corrected chi connectivity index (χ0v) is 12.7. The van der Waals surface area contributed by atoms with Crippen LogP contribution in [-0.2, 0) is 0 Å². The van der Waals surface area contributed by atoms with E-state index in [0.717, 1.165) is 0 Å². The second kappa shape index (κ2) is 5.77. The molecule has 0 aliphatic carbocycles. The molecule has 1 aromatic carbocycles. The van der Waals surface area contributed by atoms with Crippen LogP contribution in [0.15, 0.2) is 30.3 Å². The van der Waals surface area contributed by atoms with E-state index in [-0.39, 0.29) is 17.6 Å². The summed E-state index contributed by atoms with van der Waals surface area (Å²) in [5.74, 6) is -1.60. The molecular weight excluding hydrogens is 266 g/mol. The highest BCUT2D eigenvalue weighted by Gasteiger charge is 2.51. The Morgan fingerprint density at radius 1 is 1.13 bits per heavy atom. The molecule has 1 atom stereocenters. The van der Waals surface area contributed by atoms with Crippen LogP contribution in [-0.4, -0.2) is 11.4 Å². The SMILES string of the molecule is CS[P+](Cl)(c1ccccc1)C(C)(C)C.[Cl-]. The molecule has 0 N–H and O–H groups in total. The van der Waals surface area contributed by atoms with Gasteiger partial charge in [-0.15, -0.1) is 0 Å². The van der Waals surface area contributed by atoms with E-state index in [1.807, 2.05) is 17.4 Å². The number of halogens is 2. The number of benzene rings is 1. The number of rotatable bonds is 2. The molecule has 0 aliphatic heterocycles. The monoisotopic (exact) mass is 282 g/mol. The van der Waals surface area contributed by atoms with E-state index in [1.54, 1.807) is 0 Å². The third kappa shape index (κ3) is 3.27. The van der Waals surface area contributed by atoms with Gasteiger partial charge in [-0.2, -0.15) is 0 Å². The minimum absolute atomic E-state index is 0. The molecular formula is C11H17Cl2PS. The summed E-state index contributed by atoms with van der Waals surface area (Å²) in [5, 5.41) is 1.44. The summed E-state index contributed by atoms with van der Waals surface area (Å²) in [6.45, 7) is 6.66. The fourth-order valence-corrected chi connectivity index (χ4v) is 6.45. The van der Waals surface area contributed by atoms with Gasteiger partial charge in [0.2, 0.25) is 5.82 Å². The predicted octanol–water partition coefficient (Wildman–Crippen LogP) is 1.56. The van der Waals surface area contributed by atoms with E-state index in [4.69, 9.17) is 11.2 Å². The fraction of sp³-hybridized carbons (Fsp3) is 0.455. The number of hydrogen-bond donors (Lipinski definition) is 0. The lowest BCUT2D eigenvalue weighted by Crippen LogP contribution is -3.00. The normalized spacial score (nSPS) is 15.3. The minimum atomic E-state index is -1.60. The molecule has 1 unspecified atom stereocenters. The molecule has 0 aromatic heterocycles. The second-order valence-electron chi connectivity index (χ2n) is 4.22. The fourth-order valence-electron chi connectivity index (χ4n) is 1.39. The van der Waals surface area contributed by atoms with Crippen molar-refractivity contribution < 1.29 is 12.4 Å². The average Bonchev–Trinajstić information content (AvgIpc) is 2.16. The van der Waals surface area contributed by atoms with Gasteiger partial charge in [0.25, 0.3) is 0 Å². The quantitative estimate of drug-likeness (QED) is 0.742. The second-order valence-corrected chi connectivity index (χ2v) is 12.4.